The van der Waals surface area contributed by atoms with E-state index in [1.54, 1.807) is 13.2 Å². The first-order valence-corrected chi connectivity index (χ1v) is 5.95. The Bertz CT molecular complexity index is 384. The predicted octanol–water partition coefficient (Wildman–Crippen LogP) is 3.05. The summed E-state index contributed by atoms with van der Waals surface area (Å²) >= 11 is 5.96. The van der Waals surface area contributed by atoms with Gasteiger partial charge in [-0.25, -0.2) is 0 Å². The second-order valence-electron chi connectivity index (χ2n) is 4.87. The lowest BCUT2D eigenvalue weighted by molar-refractivity contribution is -0.0668. The Morgan fingerprint density at radius 3 is 2.75 bits per heavy atom. The molecule has 3 heteroatoms. The van der Waals surface area contributed by atoms with Gasteiger partial charge in [-0.3, -0.25) is 0 Å². The highest BCUT2D eigenvalue weighted by molar-refractivity contribution is 6.30. The van der Waals surface area contributed by atoms with Crippen molar-refractivity contribution in [2.24, 2.45) is 5.92 Å². The highest BCUT2D eigenvalue weighted by Crippen LogP contribution is 2.41. The van der Waals surface area contributed by atoms with Crippen LogP contribution >= 0.6 is 11.6 Å². The molecule has 2 nitrogen and oxygen atoms in total. The number of rotatable bonds is 3. The van der Waals surface area contributed by atoms with Gasteiger partial charge in [-0.1, -0.05) is 18.5 Å². The first kappa shape index (κ1) is 11.7. The third-order valence-corrected chi connectivity index (χ3v) is 3.45. The molecule has 1 aromatic rings. The molecule has 0 radical (unpaired) electrons. The van der Waals surface area contributed by atoms with Crippen LogP contribution in [0.5, 0.6) is 5.75 Å². The smallest absolute Gasteiger partial charge is 0.122 e. The maximum Gasteiger partial charge on any atom is 0.122 e. The topological polar surface area (TPSA) is 29.5 Å². The van der Waals surface area contributed by atoms with E-state index in [-0.39, 0.29) is 0 Å². The standard InChI is InChI=1S/C13H17ClO2/c1-9-6-13(15,7-9)8-10-5-11(14)3-4-12(10)16-2/h3-5,9,15H,6-8H2,1-2H3. The molecular weight excluding hydrogens is 224 g/mol. The van der Waals surface area contributed by atoms with Gasteiger partial charge in [0.2, 0.25) is 0 Å². The average molecular weight is 241 g/mol. The van der Waals surface area contributed by atoms with Crippen LogP contribution in [0.1, 0.15) is 25.3 Å². The van der Waals surface area contributed by atoms with Crippen molar-refractivity contribution < 1.29 is 9.84 Å². The summed E-state index contributed by atoms with van der Waals surface area (Å²) in [6.45, 7) is 2.16. The molecule has 0 spiro atoms. The molecule has 88 valence electrons. The minimum atomic E-state index is -0.558. The molecule has 16 heavy (non-hydrogen) atoms. The fourth-order valence-electron chi connectivity index (χ4n) is 2.62. The lowest BCUT2D eigenvalue weighted by atomic mass is 9.69. The van der Waals surface area contributed by atoms with Crippen LogP contribution in [0.2, 0.25) is 5.02 Å². The van der Waals surface area contributed by atoms with E-state index < -0.39 is 5.60 Å². The summed E-state index contributed by atoms with van der Waals surface area (Å²) in [5.74, 6) is 1.42. The summed E-state index contributed by atoms with van der Waals surface area (Å²) in [5, 5.41) is 10.9. The van der Waals surface area contributed by atoms with E-state index in [0.717, 1.165) is 24.2 Å². The molecule has 0 heterocycles. The molecule has 0 aliphatic heterocycles. The van der Waals surface area contributed by atoms with Crippen LogP contribution in [0, 0.1) is 5.92 Å². The van der Waals surface area contributed by atoms with Gasteiger partial charge in [-0.15, -0.1) is 0 Å². The molecule has 2 rings (SSSR count). The molecule has 0 atom stereocenters. The lowest BCUT2D eigenvalue weighted by Crippen LogP contribution is -2.44. The number of hydrogen-bond donors (Lipinski definition) is 1. The van der Waals surface area contributed by atoms with Gasteiger partial charge in [0.25, 0.3) is 0 Å². The zero-order chi connectivity index (χ0) is 11.8. The Hall–Kier alpha value is -0.730. The molecule has 0 amide bonds. The molecule has 1 aliphatic rings. The quantitative estimate of drug-likeness (QED) is 0.880. The van der Waals surface area contributed by atoms with Crippen molar-refractivity contribution in [3.05, 3.63) is 28.8 Å². The monoisotopic (exact) mass is 240 g/mol. The maximum absolute atomic E-state index is 10.2. The van der Waals surface area contributed by atoms with Crippen LogP contribution in [-0.2, 0) is 6.42 Å². The van der Waals surface area contributed by atoms with E-state index in [1.807, 2.05) is 12.1 Å². The van der Waals surface area contributed by atoms with E-state index in [0.29, 0.717) is 17.4 Å². The number of aliphatic hydroxyl groups is 1. The van der Waals surface area contributed by atoms with Crippen LogP contribution in [-0.4, -0.2) is 17.8 Å². The fraction of sp³-hybridized carbons (Fsp3) is 0.538. The maximum atomic E-state index is 10.2. The van der Waals surface area contributed by atoms with Crippen LogP contribution in [0.25, 0.3) is 0 Å². The van der Waals surface area contributed by atoms with Gasteiger partial charge in [0.1, 0.15) is 5.75 Å². The minimum Gasteiger partial charge on any atom is -0.496 e. The minimum absolute atomic E-state index is 0.558. The summed E-state index contributed by atoms with van der Waals surface area (Å²) < 4.78 is 5.27. The summed E-state index contributed by atoms with van der Waals surface area (Å²) in [4.78, 5) is 0. The summed E-state index contributed by atoms with van der Waals surface area (Å²) in [6.07, 6.45) is 2.35. The van der Waals surface area contributed by atoms with Crippen molar-refractivity contribution in [2.75, 3.05) is 7.11 Å². The zero-order valence-electron chi connectivity index (χ0n) is 9.66. The molecular formula is C13H17ClO2. The summed E-state index contributed by atoms with van der Waals surface area (Å²) in [6, 6.07) is 5.53. The largest absolute Gasteiger partial charge is 0.496 e. The highest BCUT2D eigenvalue weighted by atomic mass is 35.5. The van der Waals surface area contributed by atoms with E-state index in [4.69, 9.17) is 16.3 Å². The second-order valence-corrected chi connectivity index (χ2v) is 5.31. The number of benzene rings is 1. The summed E-state index contributed by atoms with van der Waals surface area (Å²) in [7, 11) is 1.64. The lowest BCUT2D eigenvalue weighted by Gasteiger charge is -2.42. The molecule has 0 saturated heterocycles. The predicted molar refractivity (Wildman–Crippen MR) is 65.1 cm³/mol. The van der Waals surface area contributed by atoms with E-state index in [2.05, 4.69) is 6.92 Å². The zero-order valence-corrected chi connectivity index (χ0v) is 10.4. The van der Waals surface area contributed by atoms with Crippen LogP contribution in [0.3, 0.4) is 0 Å². The van der Waals surface area contributed by atoms with Gasteiger partial charge in [0.05, 0.1) is 12.7 Å². The van der Waals surface area contributed by atoms with Crippen molar-refractivity contribution in [1.82, 2.24) is 0 Å². The molecule has 1 N–H and O–H groups in total. The Morgan fingerprint density at radius 1 is 1.50 bits per heavy atom. The third-order valence-electron chi connectivity index (χ3n) is 3.22. The number of ether oxygens (including phenoxy) is 1. The Balaban J connectivity index is 2.17. The van der Waals surface area contributed by atoms with Crippen molar-refractivity contribution >= 4 is 11.6 Å². The summed E-state index contributed by atoms with van der Waals surface area (Å²) in [5.41, 5.74) is 0.432. The van der Waals surface area contributed by atoms with E-state index in [9.17, 15) is 5.11 Å². The van der Waals surface area contributed by atoms with Gasteiger partial charge in [-0.05, 0) is 42.5 Å². The molecule has 0 unspecified atom stereocenters. The first-order chi connectivity index (χ1) is 7.52. The van der Waals surface area contributed by atoms with Crippen molar-refractivity contribution in [3.8, 4) is 5.75 Å². The third kappa shape index (κ3) is 2.33. The molecule has 0 aromatic heterocycles. The average Bonchev–Trinajstić information content (AvgIpc) is 2.15. The normalized spacial score (nSPS) is 28.6. The van der Waals surface area contributed by atoms with E-state index in [1.165, 1.54) is 0 Å². The first-order valence-electron chi connectivity index (χ1n) is 5.57. The Kier molecular flexibility index (Phi) is 3.13. The molecule has 0 bridgehead atoms. The van der Waals surface area contributed by atoms with Crippen LogP contribution in [0.15, 0.2) is 18.2 Å². The number of methoxy groups -OCH3 is 1. The van der Waals surface area contributed by atoms with Gasteiger partial charge in [0, 0.05) is 11.4 Å². The Morgan fingerprint density at radius 2 is 2.19 bits per heavy atom. The van der Waals surface area contributed by atoms with Gasteiger partial charge >= 0.3 is 0 Å². The molecule has 1 aromatic carbocycles. The van der Waals surface area contributed by atoms with E-state index >= 15 is 0 Å². The van der Waals surface area contributed by atoms with Crippen molar-refractivity contribution in [3.63, 3.8) is 0 Å². The second kappa shape index (κ2) is 4.27. The molecule has 1 aliphatic carbocycles. The van der Waals surface area contributed by atoms with Crippen LogP contribution < -0.4 is 4.74 Å². The molecule has 1 fully saturated rings. The number of halogens is 1. The van der Waals surface area contributed by atoms with Gasteiger partial charge in [0.15, 0.2) is 0 Å². The molecule has 1 saturated carbocycles. The van der Waals surface area contributed by atoms with Gasteiger partial charge < -0.3 is 9.84 Å². The highest BCUT2D eigenvalue weighted by Gasteiger charge is 2.40. The fourth-order valence-corrected chi connectivity index (χ4v) is 2.82. The Labute approximate surface area is 101 Å². The van der Waals surface area contributed by atoms with Gasteiger partial charge in [-0.2, -0.15) is 0 Å². The van der Waals surface area contributed by atoms with Crippen LogP contribution in [0.4, 0.5) is 0 Å². The van der Waals surface area contributed by atoms with Crippen molar-refractivity contribution in [1.29, 1.82) is 0 Å². The van der Waals surface area contributed by atoms with Crippen molar-refractivity contribution in [2.45, 2.75) is 31.8 Å². The number of hydrogen-bond acceptors (Lipinski definition) is 2. The SMILES string of the molecule is COc1ccc(Cl)cc1CC1(O)CC(C)C1.